The van der Waals surface area contributed by atoms with E-state index in [4.69, 9.17) is 4.74 Å². The molecule has 140 valence electrons. The highest BCUT2D eigenvalue weighted by Crippen LogP contribution is 2.35. The minimum Gasteiger partial charge on any atom is -0.462 e. The first kappa shape index (κ1) is 17.4. The number of aliphatic hydroxyl groups excluding tert-OH is 1. The van der Waals surface area contributed by atoms with Crippen molar-refractivity contribution in [3.63, 3.8) is 0 Å². The number of aliphatic hydroxyl groups is 1. The molecule has 1 fully saturated rings. The molecule has 1 aliphatic rings. The van der Waals surface area contributed by atoms with Crippen molar-refractivity contribution in [2.24, 2.45) is 0 Å². The Bertz CT molecular complexity index is 990. The fourth-order valence-electron chi connectivity index (χ4n) is 3.47. The van der Waals surface area contributed by atoms with Gasteiger partial charge in [-0.2, -0.15) is 5.10 Å². The second kappa shape index (κ2) is 6.96. The van der Waals surface area contributed by atoms with Crippen molar-refractivity contribution in [2.75, 3.05) is 18.1 Å². The van der Waals surface area contributed by atoms with E-state index < -0.39 is 12.1 Å². The molecule has 2 unspecified atom stereocenters. The van der Waals surface area contributed by atoms with Gasteiger partial charge in [0.15, 0.2) is 5.65 Å². The second-order valence-electron chi connectivity index (χ2n) is 6.45. The van der Waals surface area contributed by atoms with Crippen LogP contribution in [0.4, 0.5) is 10.2 Å². The molecule has 3 heterocycles. The fraction of sp³-hybridized carbons (Fsp3) is 0.316. The average Bonchev–Trinajstić information content (AvgIpc) is 3.25. The first-order valence-electron chi connectivity index (χ1n) is 8.78. The van der Waals surface area contributed by atoms with Crippen LogP contribution < -0.4 is 4.90 Å². The number of anilines is 1. The lowest BCUT2D eigenvalue weighted by Gasteiger charge is -2.25. The number of carbonyl (C=O) groups is 1. The maximum absolute atomic E-state index is 13.7. The van der Waals surface area contributed by atoms with Crippen LogP contribution in [0.2, 0.25) is 0 Å². The Balaban J connectivity index is 1.73. The largest absolute Gasteiger partial charge is 0.462 e. The predicted molar refractivity (Wildman–Crippen MR) is 96.1 cm³/mol. The summed E-state index contributed by atoms with van der Waals surface area (Å²) in [7, 11) is 0. The molecule has 0 saturated carbocycles. The van der Waals surface area contributed by atoms with Crippen molar-refractivity contribution >= 4 is 17.4 Å². The number of hydrogen-bond donors (Lipinski definition) is 1. The molecule has 1 saturated heterocycles. The Labute approximate surface area is 155 Å². The molecule has 0 radical (unpaired) electrons. The summed E-state index contributed by atoms with van der Waals surface area (Å²) in [4.78, 5) is 18.6. The molecule has 7 nitrogen and oxygen atoms in total. The van der Waals surface area contributed by atoms with Gasteiger partial charge in [-0.05, 0) is 37.1 Å². The summed E-state index contributed by atoms with van der Waals surface area (Å²) in [6.07, 6.45) is 3.05. The molecular weight excluding hydrogens is 351 g/mol. The Kier molecular flexibility index (Phi) is 4.49. The summed E-state index contributed by atoms with van der Waals surface area (Å²) in [6, 6.07) is 7.90. The molecule has 3 aromatic rings. The zero-order valence-electron chi connectivity index (χ0n) is 14.7. The number of carbonyl (C=O) groups excluding carboxylic acids is 1. The maximum Gasteiger partial charge on any atom is 0.343 e. The van der Waals surface area contributed by atoms with E-state index in [1.54, 1.807) is 25.3 Å². The van der Waals surface area contributed by atoms with Gasteiger partial charge in [-0.25, -0.2) is 18.7 Å². The van der Waals surface area contributed by atoms with Crippen molar-refractivity contribution < 1.29 is 19.0 Å². The summed E-state index contributed by atoms with van der Waals surface area (Å²) in [5.74, 6) is -0.225. The monoisotopic (exact) mass is 370 g/mol. The molecule has 0 bridgehead atoms. The van der Waals surface area contributed by atoms with Crippen molar-refractivity contribution in [3.8, 4) is 0 Å². The molecule has 1 aliphatic heterocycles. The Hall–Kier alpha value is -3.00. The lowest BCUT2D eigenvalue weighted by Crippen LogP contribution is -2.25. The molecule has 1 N–H and O–H groups in total. The lowest BCUT2D eigenvalue weighted by atomic mass is 10.0. The third-order valence-electron chi connectivity index (χ3n) is 4.66. The smallest absolute Gasteiger partial charge is 0.343 e. The second-order valence-corrected chi connectivity index (χ2v) is 6.45. The van der Waals surface area contributed by atoms with Crippen LogP contribution in [0.5, 0.6) is 0 Å². The van der Waals surface area contributed by atoms with Gasteiger partial charge in [-0.3, -0.25) is 0 Å². The van der Waals surface area contributed by atoms with Gasteiger partial charge in [0, 0.05) is 12.7 Å². The standard InChI is InChI=1S/C19H19FN4O3/c1-2-27-19(26)15-10-21-24-7-6-17(22-18(15)24)23-11-14(25)9-16(23)12-4-3-5-13(20)8-12/h3-8,10,14,16,25H,2,9,11H2,1H3. The number of nitrogens with zero attached hydrogens (tertiary/aromatic N) is 4. The molecule has 8 heteroatoms. The van der Waals surface area contributed by atoms with E-state index in [0.29, 0.717) is 24.4 Å². The number of halogens is 1. The highest BCUT2D eigenvalue weighted by Gasteiger charge is 2.33. The van der Waals surface area contributed by atoms with Crippen LogP contribution in [0.25, 0.3) is 5.65 Å². The van der Waals surface area contributed by atoms with Gasteiger partial charge in [-0.1, -0.05) is 12.1 Å². The van der Waals surface area contributed by atoms with E-state index in [0.717, 1.165) is 5.56 Å². The topological polar surface area (TPSA) is 80.0 Å². The first-order valence-corrected chi connectivity index (χ1v) is 8.78. The highest BCUT2D eigenvalue weighted by atomic mass is 19.1. The van der Waals surface area contributed by atoms with E-state index in [1.807, 2.05) is 11.0 Å². The third-order valence-corrected chi connectivity index (χ3v) is 4.66. The van der Waals surface area contributed by atoms with Crippen LogP contribution in [0.15, 0.2) is 42.7 Å². The van der Waals surface area contributed by atoms with Crippen LogP contribution in [-0.2, 0) is 4.74 Å². The molecule has 0 amide bonds. The van der Waals surface area contributed by atoms with Crippen molar-refractivity contribution in [3.05, 3.63) is 59.7 Å². The number of rotatable bonds is 4. The predicted octanol–water partition coefficient (Wildman–Crippen LogP) is 2.36. The van der Waals surface area contributed by atoms with E-state index >= 15 is 0 Å². The van der Waals surface area contributed by atoms with E-state index in [2.05, 4.69) is 10.1 Å². The molecule has 0 aliphatic carbocycles. The molecule has 2 atom stereocenters. The number of esters is 1. The fourth-order valence-corrected chi connectivity index (χ4v) is 3.47. The van der Waals surface area contributed by atoms with Gasteiger partial charge in [0.25, 0.3) is 0 Å². The number of ether oxygens (including phenoxy) is 1. The zero-order valence-corrected chi connectivity index (χ0v) is 14.7. The van der Waals surface area contributed by atoms with Crippen LogP contribution in [0.1, 0.15) is 35.3 Å². The van der Waals surface area contributed by atoms with E-state index in [1.165, 1.54) is 22.8 Å². The van der Waals surface area contributed by atoms with Crippen molar-refractivity contribution in [1.82, 2.24) is 14.6 Å². The maximum atomic E-state index is 13.7. The van der Waals surface area contributed by atoms with Crippen LogP contribution in [0, 0.1) is 5.82 Å². The SMILES string of the molecule is CCOC(=O)c1cnn2ccc(N3CC(O)CC3c3cccc(F)c3)nc12. The number of fused-ring (bicyclic) bond motifs is 1. The van der Waals surface area contributed by atoms with Gasteiger partial charge in [0.1, 0.15) is 17.2 Å². The van der Waals surface area contributed by atoms with Gasteiger partial charge >= 0.3 is 5.97 Å². The summed E-state index contributed by atoms with van der Waals surface area (Å²) in [5.41, 5.74) is 1.43. The van der Waals surface area contributed by atoms with Gasteiger partial charge in [-0.15, -0.1) is 0 Å². The number of β-amino-alcohol motifs (C(OH)–C–C–N with tert-alkyl or cyclic N) is 1. The lowest BCUT2D eigenvalue weighted by molar-refractivity contribution is 0.0528. The Morgan fingerprint density at radius 1 is 1.41 bits per heavy atom. The minimum atomic E-state index is -0.550. The normalized spacial score (nSPS) is 19.6. The summed E-state index contributed by atoms with van der Waals surface area (Å²) < 4.78 is 20.2. The first-order chi connectivity index (χ1) is 13.1. The van der Waals surface area contributed by atoms with Gasteiger partial charge in [0.2, 0.25) is 0 Å². The van der Waals surface area contributed by atoms with Crippen LogP contribution in [0.3, 0.4) is 0 Å². The Morgan fingerprint density at radius 3 is 3.04 bits per heavy atom. The van der Waals surface area contributed by atoms with Gasteiger partial charge < -0.3 is 14.7 Å². The molecular formula is C19H19FN4O3. The number of benzene rings is 1. The van der Waals surface area contributed by atoms with E-state index in [-0.39, 0.29) is 24.0 Å². The minimum absolute atomic E-state index is 0.209. The quantitative estimate of drug-likeness (QED) is 0.710. The van der Waals surface area contributed by atoms with Crippen LogP contribution in [-0.4, -0.2) is 44.9 Å². The van der Waals surface area contributed by atoms with Crippen LogP contribution >= 0.6 is 0 Å². The van der Waals surface area contributed by atoms with Crippen molar-refractivity contribution in [1.29, 1.82) is 0 Å². The van der Waals surface area contributed by atoms with Gasteiger partial charge in [0.05, 0.1) is 24.9 Å². The molecule has 4 rings (SSSR count). The summed E-state index contributed by atoms with van der Waals surface area (Å²) >= 11 is 0. The molecule has 27 heavy (non-hydrogen) atoms. The van der Waals surface area contributed by atoms with E-state index in [9.17, 15) is 14.3 Å². The van der Waals surface area contributed by atoms with Crippen molar-refractivity contribution in [2.45, 2.75) is 25.5 Å². The highest BCUT2D eigenvalue weighted by molar-refractivity contribution is 5.95. The summed E-state index contributed by atoms with van der Waals surface area (Å²) in [5, 5.41) is 14.3. The molecule has 0 spiro atoms. The average molecular weight is 370 g/mol. The zero-order chi connectivity index (χ0) is 19.0. The third kappa shape index (κ3) is 3.23. The molecule has 1 aromatic carbocycles. The number of hydrogen-bond acceptors (Lipinski definition) is 6. The Morgan fingerprint density at radius 2 is 2.26 bits per heavy atom. The molecule has 2 aromatic heterocycles. The number of aromatic nitrogens is 3. The summed E-state index contributed by atoms with van der Waals surface area (Å²) in [6.45, 7) is 2.36.